The fourth-order valence-electron chi connectivity index (χ4n) is 2.98. The maximum Gasteiger partial charge on any atom is 0.374 e. The van der Waals surface area contributed by atoms with Crippen molar-refractivity contribution in [2.45, 2.75) is 32.2 Å². The molecule has 1 aliphatic heterocycles. The van der Waals surface area contributed by atoms with Crippen molar-refractivity contribution in [3.63, 3.8) is 0 Å². The van der Waals surface area contributed by atoms with Gasteiger partial charge in [-0.05, 0) is 44.4 Å². The first-order valence-electron chi connectivity index (χ1n) is 8.15. The van der Waals surface area contributed by atoms with E-state index in [9.17, 15) is 14.4 Å². The summed E-state index contributed by atoms with van der Waals surface area (Å²) in [6.07, 6.45) is 2.99. The zero-order chi connectivity index (χ0) is 18.0. The van der Waals surface area contributed by atoms with Crippen molar-refractivity contribution < 1.29 is 18.7 Å². The van der Waals surface area contributed by atoms with Crippen LogP contribution in [0.4, 0.5) is 0 Å². The van der Waals surface area contributed by atoms with Gasteiger partial charge in [0.1, 0.15) is 5.58 Å². The van der Waals surface area contributed by atoms with Gasteiger partial charge in [0.2, 0.25) is 5.76 Å². The van der Waals surface area contributed by atoms with Gasteiger partial charge in [-0.2, -0.15) is 0 Å². The summed E-state index contributed by atoms with van der Waals surface area (Å²) in [5.41, 5.74) is -0.161. The van der Waals surface area contributed by atoms with Gasteiger partial charge in [0.05, 0.1) is 5.39 Å². The third-order valence-electron chi connectivity index (χ3n) is 4.34. The van der Waals surface area contributed by atoms with Gasteiger partial charge >= 0.3 is 5.97 Å². The van der Waals surface area contributed by atoms with Crippen molar-refractivity contribution in [3.8, 4) is 0 Å². The summed E-state index contributed by atoms with van der Waals surface area (Å²) in [7, 11) is 0. The summed E-state index contributed by atoms with van der Waals surface area (Å²) in [6.45, 7) is 2.28. The molecule has 3 rings (SSSR count). The highest BCUT2D eigenvalue weighted by molar-refractivity contribution is 6.31. The predicted octanol–water partition coefficient (Wildman–Crippen LogP) is 3.00. The molecule has 1 fully saturated rings. The normalized spacial score (nSPS) is 17.5. The maximum atomic E-state index is 12.2. The standard InChI is InChI=1S/C18H18ClNO5/c1-11-4-2-3-7-20(11)17(22)10-24-18(23)16-9-14(21)13-8-12(19)5-6-15(13)25-16/h5-6,8-9,11H,2-4,7,10H2,1H3/t11-/m1/s1. The smallest absolute Gasteiger partial charge is 0.374 e. The van der Waals surface area contributed by atoms with Crippen LogP contribution in [-0.4, -0.2) is 36.0 Å². The summed E-state index contributed by atoms with van der Waals surface area (Å²) in [4.78, 5) is 38.1. The Morgan fingerprint density at radius 3 is 2.88 bits per heavy atom. The van der Waals surface area contributed by atoms with E-state index in [-0.39, 0.29) is 35.3 Å². The van der Waals surface area contributed by atoms with Gasteiger partial charge in [-0.15, -0.1) is 0 Å². The van der Waals surface area contributed by atoms with Gasteiger partial charge in [0.15, 0.2) is 12.0 Å². The van der Waals surface area contributed by atoms with Crippen molar-refractivity contribution in [3.05, 3.63) is 45.3 Å². The Labute approximate surface area is 149 Å². The number of nitrogens with zero attached hydrogens (tertiary/aromatic N) is 1. The molecule has 1 aromatic carbocycles. The summed E-state index contributed by atoms with van der Waals surface area (Å²) in [6, 6.07) is 5.73. The Balaban J connectivity index is 1.71. The number of esters is 1. The Hall–Kier alpha value is -2.34. The van der Waals surface area contributed by atoms with Crippen molar-refractivity contribution in [1.29, 1.82) is 0 Å². The molecule has 0 aliphatic carbocycles. The predicted molar refractivity (Wildman–Crippen MR) is 92.8 cm³/mol. The van der Waals surface area contributed by atoms with E-state index >= 15 is 0 Å². The molecule has 0 saturated carbocycles. The fraction of sp³-hybridized carbons (Fsp3) is 0.389. The van der Waals surface area contributed by atoms with Crippen molar-refractivity contribution >= 4 is 34.4 Å². The molecular weight excluding hydrogens is 346 g/mol. The average Bonchev–Trinajstić information content (AvgIpc) is 2.60. The molecule has 1 aliphatic rings. The summed E-state index contributed by atoms with van der Waals surface area (Å²) >= 11 is 5.85. The lowest BCUT2D eigenvalue weighted by molar-refractivity contribution is -0.137. The second-order valence-corrected chi connectivity index (χ2v) is 6.56. The minimum Gasteiger partial charge on any atom is -0.450 e. The molecule has 2 heterocycles. The maximum absolute atomic E-state index is 12.2. The topological polar surface area (TPSA) is 76.8 Å². The van der Waals surface area contributed by atoms with Crippen LogP contribution in [0.5, 0.6) is 0 Å². The summed E-state index contributed by atoms with van der Waals surface area (Å²) < 4.78 is 10.4. The van der Waals surface area contributed by atoms with Crippen LogP contribution in [0.3, 0.4) is 0 Å². The number of benzene rings is 1. The second kappa shape index (κ2) is 7.27. The molecule has 0 radical (unpaired) electrons. The summed E-state index contributed by atoms with van der Waals surface area (Å²) in [5.74, 6) is -1.32. The number of fused-ring (bicyclic) bond motifs is 1. The Kier molecular flexibility index (Phi) is 5.08. The lowest BCUT2D eigenvalue weighted by Crippen LogP contribution is -2.44. The van der Waals surface area contributed by atoms with Crippen LogP contribution >= 0.6 is 11.6 Å². The van der Waals surface area contributed by atoms with Crippen LogP contribution in [-0.2, 0) is 9.53 Å². The van der Waals surface area contributed by atoms with Crippen molar-refractivity contribution in [1.82, 2.24) is 4.90 Å². The summed E-state index contributed by atoms with van der Waals surface area (Å²) in [5, 5.41) is 0.679. The molecule has 2 aromatic rings. The number of amides is 1. The SMILES string of the molecule is C[C@@H]1CCCCN1C(=O)COC(=O)c1cc(=O)c2cc(Cl)ccc2o1. The largest absolute Gasteiger partial charge is 0.450 e. The van der Waals surface area contributed by atoms with E-state index < -0.39 is 11.4 Å². The van der Waals surface area contributed by atoms with Crippen LogP contribution < -0.4 is 5.43 Å². The number of piperidine rings is 1. The fourth-order valence-corrected chi connectivity index (χ4v) is 3.15. The van der Waals surface area contributed by atoms with Crippen molar-refractivity contribution in [2.75, 3.05) is 13.2 Å². The van der Waals surface area contributed by atoms with Crippen LogP contribution in [0.2, 0.25) is 5.02 Å². The Bertz CT molecular complexity index is 875. The monoisotopic (exact) mass is 363 g/mol. The first-order valence-corrected chi connectivity index (χ1v) is 8.53. The number of carbonyl (C=O) groups is 2. The van der Waals surface area contributed by atoms with E-state index in [1.54, 1.807) is 11.0 Å². The van der Waals surface area contributed by atoms with Crippen LogP contribution in [0.1, 0.15) is 36.7 Å². The average molecular weight is 364 g/mol. The molecular formula is C18H18ClNO5. The molecule has 1 saturated heterocycles. The van der Waals surface area contributed by atoms with E-state index in [0.717, 1.165) is 25.3 Å². The molecule has 1 amide bonds. The number of likely N-dealkylation sites (tertiary alicyclic amines) is 1. The number of ether oxygens (including phenoxy) is 1. The first kappa shape index (κ1) is 17.5. The number of rotatable bonds is 3. The highest BCUT2D eigenvalue weighted by Gasteiger charge is 2.24. The lowest BCUT2D eigenvalue weighted by Gasteiger charge is -2.33. The first-order chi connectivity index (χ1) is 12.0. The van der Waals surface area contributed by atoms with Crippen LogP contribution in [0.25, 0.3) is 11.0 Å². The Morgan fingerprint density at radius 1 is 1.32 bits per heavy atom. The van der Waals surface area contributed by atoms with E-state index in [0.29, 0.717) is 11.6 Å². The number of hydrogen-bond donors (Lipinski definition) is 0. The number of halogens is 1. The quantitative estimate of drug-likeness (QED) is 0.783. The molecule has 25 heavy (non-hydrogen) atoms. The highest BCUT2D eigenvalue weighted by Crippen LogP contribution is 2.19. The van der Waals surface area contributed by atoms with E-state index in [1.165, 1.54) is 12.1 Å². The zero-order valence-corrected chi connectivity index (χ0v) is 14.5. The minimum absolute atomic E-state index is 0.142. The van der Waals surface area contributed by atoms with E-state index in [1.807, 2.05) is 6.92 Å². The molecule has 0 unspecified atom stereocenters. The van der Waals surface area contributed by atoms with Crippen LogP contribution in [0, 0.1) is 0 Å². The van der Waals surface area contributed by atoms with Crippen molar-refractivity contribution in [2.24, 2.45) is 0 Å². The second-order valence-electron chi connectivity index (χ2n) is 6.12. The molecule has 1 aromatic heterocycles. The van der Waals surface area contributed by atoms with Crippen LogP contribution in [0.15, 0.2) is 33.5 Å². The Morgan fingerprint density at radius 2 is 2.12 bits per heavy atom. The molecule has 6 nitrogen and oxygen atoms in total. The molecule has 0 spiro atoms. The van der Waals surface area contributed by atoms with Gasteiger partial charge in [-0.1, -0.05) is 11.6 Å². The molecule has 0 N–H and O–H groups in total. The third kappa shape index (κ3) is 3.85. The van der Waals surface area contributed by atoms with E-state index in [2.05, 4.69) is 0 Å². The van der Waals surface area contributed by atoms with Gasteiger partial charge in [-0.25, -0.2) is 4.79 Å². The van der Waals surface area contributed by atoms with Gasteiger partial charge in [-0.3, -0.25) is 9.59 Å². The molecule has 0 bridgehead atoms. The van der Waals surface area contributed by atoms with Gasteiger partial charge < -0.3 is 14.1 Å². The van der Waals surface area contributed by atoms with Gasteiger partial charge in [0.25, 0.3) is 5.91 Å². The number of hydrogen-bond acceptors (Lipinski definition) is 5. The lowest BCUT2D eigenvalue weighted by atomic mass is 10.0. The highest BCUT2D eigenvalue weighted by atomic mass is 35.5. The third-order valence-corrected chi connectivity index (χ3v) is 4.58. The molecule has 132 valence electrons. The number of carbonyl (C=O) groups excluding carboxylic acids is 2. The molecule has 1 atom stereocenters. The van der Waals surface area contributed by atoms with Gasteiger partial charge in [0, 0.05) is 23.7 Å². The van der Waals surface area contributed by atoms with E-state index in [4.69, 9.17) is 20.8 Å². The minimum atomic E-state index is -0.841. The molecule has 7 heteroatoms. The zero-order valence-electron chi connectivity index (χ0n) is 13.8.